The van der Waals surface area contributed by atoms with E-state index >= 15 is 0 Å². The molecular weight excluding hydrogens is 278 g/mol. The number of hydrogen-bond acceptors (Lipinski definition) is 3. The summed E-state index contributed by atoms with van der Waals surface area (Å²) >= 11 is 0. The van der Waals surface area contributed by atoms with Crippen LogP contribution in [-0.2, 0) is 14.3 Å². The van der Waals surface area contributed by atoms with Crippen molar-refractivity contribution in [1.29, 1.82) is 0 Å². The van der Waals surface area contributed by atoms with E-state index in [2.05, 4.69) is 31.3 Å². The number of amides is 1. The molecule has 0 bridgehead atoms. The van der Waals surface area contributed by atoms with E-state index in [0.29, 0.717) is 11.3 Å². The van der Waals surface area contributed by atoms with Gasteiger partial charge in [-0.2, -0.15) is 0 Å². The summed E-state index contributed by atoms with van der Waals surface area (Å²) in [6.45, 7) is 9.38. The number of ether oxygens (including phenoxy) is 2. The fourth-order valence-electron chi connectivity index (χ4n) is 2.34. The lowest BCUT2D eigenvalue weighted by atomic mass is 9.87. The molecule has 4 heteroatoms. The maximum atomic E-state index is 12.0. The van der Waals surface area contributed by atoms with Gasteiger partial charge in [-0.3, -0.25) is 4.79 Å². The average molecular weight is 301 g/mol. The van der Waals surface area contributed by atoms with Crippen LogP contribution in [0.15, 0.2) is 49.1 Å². The Morgan fingerprint density at radius 1 is 1.55 bits per heavy atom. The van der Waals surface area contributed by atoms with Gasteiger partial charge < -0.3 is 14.8 Å². The van der Waals surface area contributed by atoms with Crippen LogP contribution in [0.2, 0.25) is 0 Å². The van der Waals surface area contributed by atoms with Gasteiger partial charge in [-0.05, 0) is 24.8 Å². The maximum Gasteiger partial charge on any atom is 0.255 e. The molecule has 0 aromatic rings. The first-order valence-electron chi connectivity index (χ1n) is 7.35. The van der Waals surface area contributed by atoms with Crippen LogP contribution in [0.3, 0.4) is 0 Å². The van der Waals surface area contributed by atoms with Gasteiger partial charge in [-0.25, -0.2) is 0 Å². The van der Waals surface area contributed by atoms with E-state index in [9.17, 15) is 4.79 Å². The summed E-state index contributed by atoms with van der Waals surface area (Å²) in [5, 5.41) is 2.55. The quantitative estimate of drug-likeness (QED) is 0.526. The van der Waals surface area contributed by atoms with Crippen LogP contribution < -0.4 is 5.32 Å². The fraction of sp³-hybridized carbons (Fsp3) is 0.389. The first-order chi connectivity index (χ1) is 10.7. The van der Waals surface area contributed by atoms with Crippen LogP contribution >= 0.6 is 0 Å². The van der Waals surface area contributed by atoms with E-state index in [0.717, 1.165) is 19.3 Å². The van der Waals surface area contributed by atoms with Crippen molar-refractivity contribution in [2.24, 2.45) is 5.92 Å². The molecule has 0 radical (unpaired) electrons. The highest BCUT2D eigenvalue weighted by Gasteiger charge is 2.30. The molecule has 1 amide bonds. The van der Waals surface area contributed by atoms with Crippen molar-refractivity contribution in [3.63, 3.8) is 0 Å². The highest BCUT2D eigenvalue weighted by molar-refractivity contribution is 5.97. The number of nitrogens with one attached hydrogen (secondary N) is 1. The van der Waals surface area contributed by atoms with Gasteiger partial charge in [-0.15, -0.1) is 6.42 Å². The lowest BCUT2D eigenvalue weighted by Crippen LogP contribution is -2.31. The van der Waals surface area contributed by atoms with Crippen molar-refractivity contribution >= 4 is 5.91 Å². The fourth-order valence-corrected chi connectivity index (χ4v) is 2.34. The largest absolute Gasteiger partial charge is 0.470 e. The van der Waals surface area contributed by atoms with Crippen LogP contribution in [0.1, 0.15) is 26.2 Å². The van der Waals surface area contributed by atoms with Crippen molar-refractivity contribution < 1.29 is 14.3 Å². The second kappa shape index (κ2) is 9.64. The molecule has 0 aliphatic heterocycles. The third kappa shape index (κ3) is 4.94. The van der Waals surface area contributed by atoms with Gasteiger partial charge in [0.1, 0.15) is 12.4 Å². The predicted molar refractivity (Wildman–Crippen MR) is 87.4 cm³/mol. The van der Waals surface area contributed by atoms with Gasteiger partial charge in [-0.1, -0.05) is 38.8 Å². The summed E-state index contributed by atoms with van der Waals surface area (Å²) in [5.74, 6) is 2.89. The molecule has 2 atom stereocenters. The minimum absolute atomic E-state index is 0.0200. The Hall–Kier alpha value is -2.25. The van der Waals surface area contributed by atoms with E-state index in [1.165, 1.54) is 12.5 Å². The summed E-state index contributed by atoms with van der Waals surface area (Å²) in [7, 11) is 0. The Labute approximate surface area is 132 Å². The summed E-state index contributed by atoms with van der Waals surface area (Å²) in [6, 6.07) is 0. The van der Waals surface area contributed by atoms with E-state index < -0.39 is 0 Å². The Kier molecular flexibility index (Phi) is 7.80. The molecule has 1 aliphatic rings. The molecule has 0 saturated heterocycles. The third-order valence-corrected chi connectivity index (χ3v) is 3.35. The normalized spacial score (nSPS) is 20.2. The lowest BCUT2D eigenvalue weighted by Gasteiger charge is -2.29. The second-order valence-electron chi connectivity index (χ2n) is 4.86. The van der Waals surface area contributed by atoms with Gasteiger partial charge in [0.15, 0.2) is 0 Å². The molecule has 22 heavy (non-hydrogen) atoms. The molecule has 0 aromatic carbocycles. The Morgan fingerprint density at radius 3 is 2.91 bits per heavy atom. The third-order valence-electron chi connectivity index (χ3n) is 3.35. The monoisotopic (exact) mass is 301 g/mol. The Bertz CT molecular complexity index is 511. The first-order valence-corrected chi connectivity index (χ1v) is 7.35. The van der Waals surface area contributed by atoms with Crippen LogP contribution in [0.25, 0.3) is 0 Å². The van der Waals surface area contributed by atoms with Crippen molar-refractivity contribution in [1.82, 2.24) is 5.32 Å². The van der Waals surface area contributed by atoms with Gasteiger partial charge >= 0.3 is 0 Å². The number of rotatable bonds is 9. The second-order valence-corrected chi connectivity index (χ2v) is 4.86. The summed E-state index contributed by atoms with van der Waals surface area (Å²) < 4.78 is 11.2. The first kappa shape index (κ1) is 17.8. The molecule has 0 heterocycles. The average Bonchev–Trinajstić information content (AvgIpc) is 2.52. The van der Waals surface area contributed by atoms with Crippen molar-refractivity contribution in [3.05, 3.63) is 49.1 Å². The van der Waals surface area contributed by atoms with Crippen molar-refractivity contribution in [2.75, 3.05) is 6.61 Å². The predicted octanol–water partition coefficient (Wildman–Crippen LogP) is 3.05. The van der Waals surface area contributed by atoms with Gasteiger partial charge in [0.25, 0.3) is 5.91 Å². The highest BCUT2D eigenvalue weighted by Crippen LogP contribution is 2.31. The van der Waals surface area contributed by atoms with Crippen molar-refractivity contribution in [3.8, 4) is 12.3 Å². The highest BCUT2D eigenvalue weighted by atomic mass is 16.5. The van der Waals surface area contributed by atoms with Gasteiger partial charge in [0.05, 0.1) is 12.4 Å². The molecule has 0 spiro atoms. The number of carbonyl (C=O) groups is 1. The van der Waals surface area contributed by atoms with Crippen LogP contribution in [0.4, 0.5) is 0 Å². The summed E-state index contributed by atoms with van der Waals surface area (Å²) in [5.41, 5.74) is 0.464. The Morgan fingerprint density at radius 2 is 2.32 bits per heavy atom. The lowest BCUT2D eigenvalue weighted by molar-refractivity contribution is -0.116. The zero-order valence-corrected chi connectivity index (χ0v) is 13.0. The number of carbonyl (C=O) groups excluding carboxylic acids is 1. The molecule has 0 saturated carbocycles. The van der Waals surface area contributed by atoms with E-state index in [1.54, 1.807) is 12.2 Å². The van der Waals surface area contributed by atoms with Crippen LogP contribution in [0.5, 0.6) is 0 Å². The molecule has 118 valence electrons. The standard InChI is InChI=1S/C18H23NO3/c1-5-9-10-15-16(21-8-4)12-14(18(20)19-7-3)13-17(15)22-11-6-2/h2,7-8,12-13,15,17H,3-5,9-11H2,1H3,(H,19,20). The zero-order chi connectivity index (χ0) is 16.4. The van der Waals surface area contributed by atoms with Gasteiger partial charge in [0, 0.05) is 11.5 Å². The molecule has 0 fully saturated rings. The molecule has 1 N–H and O–H groups in total. The topological polar surface area (TPSA) is 47.6 Å². The van der Waals surface area contributed by atoms with E-state index in [1.807, 2.05) is 0 Å². The SMILES string of the molecule is C#CCOC1C=C(C(=O)NC=C)C=C(OC=C)C1CCCC. The molecule has 4 nitrogen and oxygen atoms in total. The van der Waals surface area contributed by atoms with Gasteiger partial charge in [0.2, 0.25) is 0 Å². The summed E-state index contributed by atoms with van der Waals surface area (Å²) in [4.78, 5) is 12.0. The van der Waals surface area contributed by atoms with Crippen LogP contribution in [-0.4, -0.2) is 18.6 Å². The smallest absolute Gasteiger partial charge is 0.255 e. The molecule has 2 unspecified atom stereocenters. The number of hydrogen-bond donors (Lipinski definition) is 1. The minimum Gasteiger partial charge on any atom is -0.470 e. The molecule has 1 rings (SSSR count). The maximum absolute atomic E-state index is 12.0. The van der Waals surface area contributed by atoms with E-state index in [4.69, 9.17) is 15.9 Å². The minimum atomic E-state index is -0.298. The number of terminal acetylenes is 1. The van der Waals surface area contributed by atoms with E-state index in [-0.39, 0.29) is 24.5 Å². The Balaban J connectivity index is 3.06. The zero-order valence-electron chi connectivity index (χ0n) is 13.0. The summed E-state index contributed by atoms with van der Waals surface area (Å²) in [6.07, 6.45) is 14.2. The van der Waals surface area contributed by atoms with Crippen LogP contribution in [0, 0.1) is 18.3 Å². The molecule has 0 aromatic heterocycles. The molecule has 1 aliphatic carbocycles. The van der Waals surface area contributed by atoms with Crippen molar-refractivity contribution in [2.45, 2.75) is 32.3 Å². The molecular formula is C18H23NO3. The number of unbranched alkanes of at least 4 members (excludes halogenated alkanes) is 1.